The number of amides is 2. The van der Waals surface area contributed by atoms with Crippen molar-refractivity contribution in [3.8, 4) is 0 Å². The lowest BCUT2D eigenvalue weighted by molar-refractivity contribution is -0.124. The third-order valence-corrected chi connectivity index (χ3v) is 3.05. The van der Waals surface area contributed by atoms with Gasteiger partial charge in [0.25, 0.3) is 0 Å². The van der Waals surface area contributed by atoms with E-state index in [-0.39, 0.29) is 12.1 Å². The van der Waals surface area contributed by atoms with E-state index in [0.717, 1.165) is 23.1 Å². The molecule has 0 aliphatic carbocycles. The molecule has 1 heterocycles. The second-order valence-electron chi connectivity index (χ2n) is 5.06. The van der Waals surface area contributed by atoms with Crippen molar-refractivity contribution in [2.75, 3.05) is 4.90 Å². The zero-order valence-electron chi connectivity index (χ0n) is 10.4. The zero-order chi connectivity index (χ0) is 14.4. The molecular formula is C13H12FNO4. The average molecular weight is 265 g/mol. The van der Waals surface area contributed by atoms with Gasteiger partial charge in [-0.05, 0) is 18.2 Å². The Kier molecular flexibility index (Phi) is 2.88. The number of carbonyl (C=O) groups excluding carboxylic acids is 2. The van der Waals surface area contributed by atoms with Crippen molar-refractivity contribution in [3.63, 3.8) is 0 Å². The number of carbonyl (C=O) groups is 3. The van der Waals surface area contributed by atoms with E-state index in [0.29, 0.717) is 0 Å². The summed E-state index contributed by atoms with van der Waals surface area (Å²) < 4.78 is 13.1. The van der Waals surface area contributed by atoms with Crippen LogP contribution in [0.2, 0.25) is 0 Å². The number of nitrogens with zero attached hydrogens (tertiary/aromatic N) is 1. The van der Waals surface area contributed by atoms with Crippen molar-refractivity contribution >= 4 is 23.5 Å². The minimum absolute atomic E-state index is 0.00225. The number of imide groups is 1. The number of rotatable bonds is 2. The molecule has 5 nitrogen and oxygen atoms in total. The fourth-order valence-electron chi connectivity index (χ4n) is 2.07. The lowest BCUT2D eigenvalue weighted by Crippen LogP contribution is -2.34. The van der Waals surface area contributed by atoms with E-state index in [1.54, 1.807) is 13.8 Å². The van der Waals surface area contributed by atoms with Crippen LogP contribution in [0.4, 0.5) is 10.1 Å². The highest BCUT2D eigenvalue weighted by atomic mass is 19.1. The highest BCUT2D eigenvalue weighted by molar-refractivity contribution is 6.24. The zero-order valence-corrected chi connectivity index (χ0v) is 10.4. The summed E-state index contributed by atoms with van der Waals surface area (Å²) in [4.78, 5) is 35.9. The minimum Gasteiger partial charge on any atom is -0.478 e. The highest BCUT2D eigenvalue weighted by Gasteiger charge is 2.46. The van der Waals surface area contributed by atoms with Crippen LogP contribution < -0.4 is 4.90 Å². The summed E-state index contributed by atoms with van der Waals surface area (Å²) in [6.45, 7) is 3.22. The van der Waals surface area contributed by atoms with Gasteiger partial charge in [0.15, 0.2) is 0 Å². The topological polar surface area (TPSA) is 74.7 Å². The number of benzene rings is 1. The Labute approximate surface area is 108 Å². The molecule has 2 amide bonds. The van der Waals surface area contributed by atoms with Gasteiger partial charge >= 0.3 is 5.97 Å². The number of carboxylic acid groups (broad SMARTS) is 1. The highest BCUT2D eigenvalue weighted by Crippen LogP contribution is 2.36. The molecule has 1 aromatic carbocycles. The van der Waals surface area contributed by atoms with Crippen molar-refractivity contribution in [1.82, 2.24) is 0 Å². The van der Waals surface area contributed by atoms with Gasteiger partial charge in [0.1, 0.15) is 5.82 Å². The third-order valence-electron chi connectivity index (χ3n) is 3.05. The quantitative estimate of drug-likeness (QED) is 0.827. The lowest BCUT2D eigenvalue weighted by atomic mass is 9.92. The molecule has 1 aromatic rings. The molecule has 1 aliphatic rings. The molecule has 0 spiro atoms. The average Bonchev–Trinajstić information content (AvgIpc) is 2.49. The Morgan fingerprint density at radius 1 is 1.37 bits per heavy atom. The Morgan fingerprint density at radius 2 is 2.00 bits per heavy atom. The van der Waals surface area contributed by atoms with Gasteiger partial charge in [0, 0.05) is 6.42 Å². The van der Waals surface area contributed by atoms with Crippen LogP contribution in [0.3, 0.4) is 0 Å². The van der Waals surface area contributed by atoms with Crippen LogP contribution in [0.5, 0.6) is 0 Å². The monoisotopic (exact) mass is 265 g/mol. The molecule has 1 N–H and O–H groups in total. The van der Waals surface area contributed by atoms with Gasteiger partial charge in [0.05, 0.1) is 16.7 Å². The summed E-state index contributed by atoms with van der Waals surface area (Å²) in [5.74, 6) is -3.09. The molecule has 0 radical (unpaired) electrons. The molecule has 1 saturated heterocycles. The lowest BCUT2D eigenvalue weighted by Gasteiger charge is -2.19. The van der Waals surface area contributed by atoms with Crippen molar-refractivity contribution in [2.24, 2.45) is 5.41 Å². The first-order chi connectivity index (χ1) is 8.74. The molecule has 6 heteroatoms. The number of hydrogen-bond acceptors (Lipinski definition) is 3. The number of carboxylic acids is 1. The summed E-state index contributed by atoms with van der Waals surface area (Å²) in [6.07, 6.45) is 0.00225. The smallest absolute Gasteiger partial charge is 0.337 e. The molecule has 1 aliphatic heterocycles. The van der Waals surface area contributed by atoms with E-state index in [1.807, 2.05) is 0 Å². The van der Waals surface area contributed by atoms with Gasteiger partial charge in [0.2, 0.25) is 11.8 Å². The van der Waals surface area contributed by atoms with E-state index in [4.69, 9.17) is 5.11 Å². The van der Waals surface area contributed by atoms with Crippen LogP contribution in [0, 0.1) is 11.2 Å². The summed E-state index contributed by atoms with van der Waals surface area (Å²) in [7, 11) is 0. The van der Waals surface area contributed by atoms with Crippen molar-refractivity contribution in [2.45, 2.75) is 20.3 Å². The van der Waals surface area contributed by atoms with Gasteiger partial charge in [-0.3, -0.25) is 9.59 Å². The molecule has 0 aromatic heterocycles. The minimum atomic E-state index is -1.39. The Bertz CT molecular complexity index is 594. The number of hydrogen-bond donors (Lipinski definition) is 1. The normalized spacial score (nSPS) is 17.9. The summed E-state index contributed by atoms with van der Waals surface area (Å²) in [5, 5.41) is 9.04. The number of halogens is 1. The Balaban J connectivity index is 2.57. The second-order valence-corrected chi connectivity index (χ2v) is 5.06. The molecule has 2 rings (SSSR count). The standard InChI is InChI=1S/C13H12FNO4/c1-13(2)6-10(16)15(12(13)19)9-4-3-7(14)5-8(9)11(17)18/h3-5H,6H2,1-2H3,(H,17,18). The maximum Gasteiger partial charge on any atom is 0.337 e. The van der Waals surface area contributed by atoms with E-state index in [2.05, 4.69) is 0 Å². The third kappa shape index (κ3) is 2.09. The predicted molar refractivity (Wildman–Crippen MR) is 64.3 cm³/mol. The molecule has 19 heavy (non-hydrogen) atoms. The van der Waals surface area contributed by atoms with Gasteiger partial charge < -0.3 is 5.11 Å². The molecule has 0 saturated carbocycles. The summed E-state index contributed by atoms with van der Waals surface area (Å²) in [5.41, 5.74) is -1.37. The van der Waals surface area contributed by atoms with E-state index >= 15 is 0 Å². The van der Waals surface area contributed by atoms with Crippen LogP contribution in [-0.4, -0.2) is 22.9 Å². The van der Waals surface area contributed by atoms with Gasteiger partial charge in [-0.2, -0.15) is 0 Å². The molecule has 1 fully saturated rings. The summed E-state index contributed by atoms with van der Waals surface area (Å²) >= 11 is 0. The van der Waals surface area contributed by atoms with Crippen LogP contribution in [0.1, 0.15) is 30.6 Å². The summed E-state index contributed by atoms with van der Waals surface area (Å²) in [6, 6.07) is 2.95. The second kappa shape index (κ2) is 4.15. The molecular weight excluding hydrogens is 253 g/mol. The molecule has 0 unspecified atom stereocenters. The first kappa shape index (κ1) is 13.2. The van der Waals surface area contributed by atoms with Crippen LogP contribution >= 0.6 is 0 Å². The number of anilines is 1. The number of aromatic carboxylic acids is 1. The Morgan fingerprint density at radius 3 is 2.47 bits per heavy atom. The van der Waals surface area contributed by atoms with E-state index in [1.165, 1.54) is 0 Å². The molecule has 0 atom stereocenters. The maximum atomic E-state index is 13.1. The fourth-order valence-corrected chi connectivity index (χ4v) is 2.07. The van der Waals surface area contributed by atoms with E-state index in [9.17, 15) is 18.8 Å². The maximum absolute atomic E-state index is 13.1. The van der Waals surface area contributed by atoms with Gasteiger partial charge in [-0.15, -0.1) is 0 Å². The Hall–Kier alpha value is -2.24. The van der Waals surface area contributed by atoms with Gasteiger partial charge in [-0.1, -0.05) is 13.8 Å². The van der Waals surface area contributed by atoms with E-state index < -0.39 is 34.6 Å². The SMILES string of the molecule is CC1(C)CC(=O)N(c2ccc(F)cc2C(=O)O)C1=O. The first-order valence-electron chi connectivity index (χ1n) is 5.64. The fraction of sp³-hybridized carbons (Fsp3) is 0.308. The van der Waals surface area contributed by atoms with Crippen LogP contribution in [-0.2, 0) is 9.59 Å². The largest absolute Gasteiger partial charge is 0.478 e. The predicted octanol–water partition coefficient (Wildman–Crippen LogP) is 1.81. The molecule has 100 valence electrons. The van der Waals surface area contributed by atoms with Crippen molar-refractivity contribution in [3.05, 3.63) is 29.6 Å². The molecule has 0 bridgehead atoms. The first-order valence-corrected chi connectivity index (χ1v) is 5.64. The van der Waals surface area contributed by atoms with Crippen LogP contribution in [0.15, 0.2) is 18.2 Å². The van der Waals surface area contributed by atoms with Crippen molar-refractivity contribution < 1.29 is 23.9 Å². The van der Waals surface area contributed by atoms with Gasteiger partial charge in [-0.25, -0.2) is 14.1 Å². The van der Waals surface area contributed by atoms with Crippen LogP contribution in [0.25, 0.3) is 0 Å². The van der Waals surface area contributed by atoms with Crippen molar-refractivity contribution in [1.29, 1.82) is 0 Å².